The molecule has 1 saturated heterocycles. The maximum absolute atomic E-state index is 12.8. The van der Waals surface area contributed by atoms with Gasteiger partial charge >= 0.3 is 0 Å². The summed E-state index contributed by atoms with van der Waals surface area (Å²) in [6.07, 6.45) is 8.74. The van der Waals surface area contributed by atoms with Crippen LogP contribution in [0.5, 0.6) is 5.75 Å². The summed E-state index contributed by atoms with van der Waals surface area (Å²) < 4.78 is 5.78. The molecule has 1 aromatic carbocycles. The van der Waals surface area contributed by atoms with Crippen molar-refractivity contribution >= 4 is 23.9 Å². The first-order chi connectivity index (χ1) is 16.9. The van der Waals surface area contributed by atoms with Gasteiger partial charge in [0.2, 0.25) is 0 Å². The van der Waals surface area contributed by atoms with E-state index in [0.717, 1.165) is 37.2 Å². The third-order valence-electron chi connectivity index (χ3n) is 5.82. The lowest BCUT2D eigenvalue weighted by Gasteiger charge is -2.29. The Bertz CT molecular complexity index is 1160. The molecule has 0 spiro atoms. The number of hydrogen-bond acceptors (Lipinski definition) is 6. The molecule has 3 rings (SSSR count). The van der Waals surface area contributed by atoms with Gasteiger partial charge in [0.25, 0.3) is 5.56 Å². The van der Waals surface area contributed by atoms with Crippen LogP contribution in [0.1, 0.15) is 24.0 Å². The van der Waals surface area contributed by atoms with Crippen molar-refractivity contribution < 1.29 is 4.74 Å². The van der Waals surface area contributed by atoms with Gasteiger partial charge in [-0.3, -0.25) is 20.1 Å². The molecule has 3 N–H and O–H groups in total. The number of aromatic amines is 1. The number of H-pyrrole nitrogens is 1. The molecule has 184 valence electrons. The Morgan fingerprint density at radius 3 is 2.60 bits per heavy atom. The molecule has 0 atom stereocenters. The molecule has 35 heavy (non-hydrogen) atoms. The lowest BCUT2D eigenvalue weighted by atomic mass is 10.1. The summed E-state index contributed by atoms with van der Waals surface area (Å²) in [6.45, 7) is 15.4. The van der Waals surface area contributed by atoms with Crippen molar-refractivity contribution in [1.82, 2.24) is 15.2 Å². The minimum Gasteiger partial charge on any atom is -0.457 e. The molecular weight excluding hydrogens is 440 g/mol. The number of aryl methyl sites for hydroxylation is 1. The van der Waals surface area contributed by atoms with Gasteiger partial charge in [0, 0.05) is 17.9 Å². The maximum Gasteiger partial charge on any atom is 0.261 e. The molecule has 1 aliphatic heterocycles. The Kier molecular flexibility index (Phi) is 9.34. The van der Waals surface area contributed by atoms with Crippen molar-refractivity contribution in [3.05, 3.63) is 89.1 Å². The van der Waals surface area contributed by atoms with Crippen LogP contribution in [0.15, 0.2) is 82.4 Å². The number of allylic oxidation sites excluding steroid dienone is 3. The molecular formula is C27H34N6O2. The van der Waals surface area contributed by atoms with Crippen molar-refractivity contribution in [1.29, 1.82) is 0 Å². The van der Waals surface area contributed by atoms with Crippen LogP contribution in [0.2, 0.25) is 0 Å². The Labute approximate surface area is 206 Å². The van der Waals surface area contributed by atoms with Gasteiger partial charge in [-0.2, -0.15) is 0 Å². The van der Waals surface area contributed by atoms with Crippen LogP contribution in [0.3, 0.4) is 0 Å². The van der Waals surface area contributed by atoms with E-state index in [1.807, 2.05) is 31.2 Å². The van der Waals surface area contributed by atoms with Crippen LogP contribution in [0.25, 0.3) is 0 Å². The minimum atomic E-state index is -0.284. The van der Waals surface area contributed by atoms with Gasteiger partial charge in [0.1, 0.15) is 22.9 Å². The minimum absolute atomic E-state index is 0.284. The number of likely N-dealkylation sites (tertiary alicyclic amines) is 1. The zero-order valence-corrected chi connectivity index (χ0v) is 20.5. The molecule has 0 unspecified atom stereocenters. The van der Waals surface area contributed by atoms with E-state index in [2.05, 4.69) is 52.4 Å². The van der Waals surface area contributed by atoms with E-state index in [0.29, 0.717) is 41.3 Å². The second kappa shape index (κ2) is 12.6. The van der Waals surface area contributed by atoms with Crippen molar-refractivity contribution in [3.8, 4) is 5.75 Å². The summed E-state index contributed by atoms with van der Waals surface area (Å²) in [5.74, 6) is 1.66. The second-order valence-corrected chi connectivity index (χ2v) is 8.39. The van der Waals surface area contributed by atoms with Crippen molar-refractivity contribution in [2.45, 2.75) is 25.8 Å². The number of nitrogens with zero attached hydrogens (tertiary/aromatic N) is 3. The van der Waals surface area contributed by atoms with Crippen LogP contribution in [-0.2, 0) is 0 Å². The Morgan fingerprint density at radius 1 is 1.26 bits per heavy atom. The molecule has 0 radical (unpaired) electrons. The first-order valence-corrected chi connectivity index (χ1v) is 11.6. The van der Waals surface area contributed by atoms with Gasteiger partial charge in [0.05, 0.1) is 12.4 Å². The van der Waals surface area contributed by atoms with Crippen LogP contribution in [0, 0.1) is 6.92 Å². The van der Waals surface area contributed by atoms with Crippen molar-refractivity contribution in [2.75, 3.05) is 32.1 Å². The highest BCUT2D eigenvalue weighted by atomic mass is 16.5. The van der Waals surface area contributed by atoms with E-state index >= 15 is 0 Å². The highest BCUT2D eigenvalue weighted by Crippen LogP contribution is 2.23. The average molecular weight is 475 g/mol. The van der Waals surface area contributed by atoms with Gasteiger partial charge < -0.3 is 19.9 Å². The summed E-state index contributed by atoms with van der Waals surface area (Å²) >= 11 is 0. The normalized spacial score (nSPS) is 15.5. The monoisotopic (exact) mass is 474 g/mol. The molecule has 0 bridgehead atoms. The lowest BCUT2D eigenvalue weighted by molar-refractivity contribution is 0.236. The van der Waals surface area contributed by atoms with Gasteiger partial charge in [-0.15, -0.1) is 0 Å². The molecule has 8 nitrogen and oxygen atoms in total. The summed E-state index contributed by atoms with van der Waals surface area (Å²) in [5, 5.41) is 6.78. The lowest BCUT2D eigenvalue weighted by Crippen LogP contribution is -2.41. The van der Waals surface area contributed by atoms with Gasteiger partial charge in [-0.05, 0) is 88.6 Å². The summed E-state index contributed by atoms with van der Waals surface area (Å²) in [6, 6.07) is 7.75. The first-order valence-electron chi connectivity index (χ1n) is 11.6. The SMILES string of the molecule is C=C/C=C(\C=C)Oc1ccc(N/C(=N/CNC2CCN(C)CC2)c2c(N=C)c(C)c[nH]c2=O)cc1. The number of hydrogen-bond donors (Lipinski definition) is 3. The number of piperidine rings is 1. The van der Waals surface area contributed by atoms with Crippen LogP contribution in [-0.4, -0.2) is 55.3 Å². The fourth-order valence-corrected chi connectivity index (χ4v) is 3.83. The van der Waals surface area contributed by atoms with E-state index < -0.39 is 0 Å². The highest BCUT2D eigenvalue weighted by Gasteiger charge is 2.18. The molecule has 1 aliphatic rings. The van der Waals surface area contributed by atoms with Gasteiger partial charge in [-0.25, -0.2) is 0 Å². The number of anilines is 1. The Balaban J connectivity index is 1.85. The standard InChI is InChI=1S/C27H34N6O2/c1-6-8-22(7-2)35-23-11-9-21(10-12-23)32-26(24-25(28-4)19(3)17-29-27(24)34)31-18-30-20-13-15-33(5)16-14-20/h6-12,17,20,30H,1-2,4,13-16,18H2,3,5H3,(H,29,34)(H,31,32)/b22-8+. The topological polar surface area (TPSA) is 94.1 Å². The van der Waals surface area contributed by atoms with Crippen LogP contribution < -0.4 is 20.9 Å². The van der Waals surface area contributed by atoms with E-state index in [1.54, 1.807) is 24.4 Å². The number of amidine groups is 1. The van der Waals surface area contributed by atoms with Gasteiger partial charge in [-0.1, -0.05) is 19.2 Å². The van der Waals surface area contributed by atoms with Crippen LogP contribution >= 0.6 is 0 Å². The first kappa shape index (κ1) is 25.9. The smallest absolute Gasteiger partial charge is 0.261 e. The van der Waals surface area contributed by atoms with E-state index in [1.165, 1.54) is 0 Å². The number of rotatable bonds is 10. The zero-order valence-electron chi connectivity index (χ0n) is 20.5. The summed E-state index contributed by atoms with van der Waals surface area (Å²) in [7, 11) is 2.13. The Hall–Kier alpha value is -3.75. The molecule has 1 aromatic heterocycles. The largest absolute Gasteiger partial charge is 0.457 e. The number of ether oxygens (including phenoxy) is 1. The fraction of sp³-hybridized carbons (Fsp3) is 0.296. The maximum atomic E-state index is 12.8. The zero-order chi connectivity index (χ0) is 25.2. The number of benzene rings is 1. The number of aromatic nitrogens is 1. The summed E-state index contributed by atoms with van der Waals surface area (Å²) in [4.78, 5) is 26.8. The molecule has 2 heterocycles. The molecule has 1 fully saturated rings. The van der Waals surface area contributed by atoms with E-state index in [4.69, 9.17) is 9.73 Å². The molecule has 2 aromatic rings. The third kappa shape index (κ3) is 7.11. The fourth-order valence-electron chi connectivity index (χ4n) is 3.83. The highest BCUT2D eigenvalue weighted by molar-refractivity contribution is 6.11. The van der Waals surface area contributed by atoms with Crippen molar-refractivity contribution in [2.24, 2.45) is 9.98 Å². The molecule has 0 amide bonds. The van der Waals surface area contributed by atoms with E-state index in [-0.39, 0.29) is 5.56 Å². The molecule has 0 saturated carbocycles. The quantitative estimate of drug-likeness (QED) is 0.208. The van der Waals surface area contributed by atoms with Crippen LogP contribution in [0.4, 0.5) is 11.4 Å². The number of pyridine rings is 1. The second-order valence-electron chi connectivity index (χ2n) is 8.39. The number of aliphatic imine (C=N–C) groups is 2. The Morgan fingerprint density at radius 2 is 1.97 bits per heavy atom. The number of nitrogens with one attached hydrogen (secondary N) is 3. The van der Waals surface area contributed by atoms with E-state index in [9.17, 15) is 4.79 Å². The van der Waals surface area contributed by atoms with Crippen molar-refractivity contribution in [3.63, 3.8) is 0 Å². The average Bonchev–Trinajstić information content (AvgIpc) is 2.86. The molecule has 8 heteroatoms. The predicted octanol–water partition coefficient (Wildman–Crippen LogP) is 4.15. The summed E-state index contributed by atoms with van der Waals surface area (Å²) in [5.41, 5.74) is 2.13. The molecule has 0 aliphatic carbocycles. The third-order valence-corrected chi connectivity index (χ3v) is 5.82. The predicted molar refractivity (Wildman–Crippen MR) is 145 cm³/mol. The van der Waals surface area contributed by atoms with Gasteiger partial charge in [0.15, 0.2) is 0 Å².